The van der Waals surface area contributed by atoms with Crippen LogP contribution in [0.1, 0.15) is 19.8 Å². The molecule has 0 amide bonds. The standard InChI is InChI=1S/C8H15NO3.C6H5FO/c1-6-3-2-4-11-5-7(9)8(10)12-6;7-5-1-3-6(8)4-2-5/h6-7H,2-5,9H2,1H3;1-4,8H/t6?,7-;/m0./s1. The third-order valence-electron chi connectivity index (χ3n) is 2.64. The second-order valence-electron chi connectivity index (χ2n) is 4.55. The summed E-state index contributed by atoms with van der Waals surface area (Å²) >= 11 is 0. The van der Waals surface area contributed by atoms with Gasteiger partial charge in [-0.3, -0.25) is 4.79 Å². The number of carbonyl (C=O) groups is 1. The van der Waals surface area contributed by atoms with Crippen LogP contribution in [0.3, 0.4) is 0 Å². The molecule has 0 aromatic heterocycles. The highest BCUT2D eigenvalue weighted by molar-refractivity contribution is 5.75. The first-order valence-corrected chi connectivity index (χ1v) is 6.47. The second-order valence-corrected chi connectivity index (χ2v) is 4.55. The average Bonchev–Trinajstić information content (AvgIpc) is 2.47. The number of aromatic hydroxyl groups is 1. The van der Waals surface area contributed by atoms with Gasteiger partial charge in [0, 0.05) is 6.61 Å². The van der Waals surface area contributed by atoms with Crippen molar-refractivity contribution in [3.05, 3.63) is 30.1 Å². The first kappa shape index (κ1) is 16.4. The van der Waals surface area contributed by atoms with Crippen LogP contribution in [0.5, 0.6) is 5.75 Å². The predicted octanol–water partition coefficient (Wildman–Crippen LogP) is 1.59. The maximum absolute atomic E-state index is 12.0. The fourth-order valence-electron chi connectivity index (χ4n) is 1.54. The number of phenols is 1. The molecule has 1 aromatic rings. The summed E-state index contributed by atoms with van der Waals surface area (Å²) in [5, 5.41) is 8.59. The van der Waals surface area contributed by atoms with E-state index in [1.54, 1.807) is 0 Å². The lowest BCUT2D eigenvalue weighted by Gasteiger charge is -2.13. The number of hydrogen-bond donors (Lipinski definition) is 2. The number of rotatable bonds is 0. The molecule has 0 radical (unpaired) electrons. The molecule has 0 aliphatic carbocycles. The molecule has 1 aromatic carbocycles. The molecule has 1 aliphatic heterocycles. The van der Waals surface area contributed by atoms with Crippen LogP contribution in [0.4, 0.5) is 4.39 Å². The monoisotopic (exact) mass is 285 g/mol. The molecule has 0 spiro atoms. The van der Waals surface area contributed by atoms with Crippen molar-refractivity contribution in [3.8, 4) is 5.75 Å². The van der Waals surface area contributed by atoms with Gasteiger partial charge in [0.1, 0.15) is 17.6 Å². The molecule has 112 valence electrons. The lowest BCUT2D eigenvalue weighted by Crippen LogP contribution is -2.37. The quantitative estimate of drug-likeness (QED) is 0.707. The summed E-state index contributed by atoms with van der Waals surface area (Å²) in [5.74, 6) is -0.599. The van der Waals surface area contributed by atoms with Gasteiger partial charge in [0.2, 0.25) is 0 Å². The molecule has 1 saturated heterocycles. The van der Waals surface area contributed by atoms with Crippen molar-refractivity contribution in [2.75, 3.05) is 13.2 Å². The molecule has 2 rings (SSSR count). The minimum Gasteiger partial charge on any atom is -0.508 e. The van der Waals surface area contributed by atoms with Gasteiger partial charge in [-0.05, 0) is 44.0 Å². The van der Waals surface area contributed by atoms with Gasteiger partial charge in [-0.2, -0.15) is 0 Å². The van der Waals surface area contributed by atoms with Crippen LogP contribution < -0.4 is 5.73 Å². The minimum atomic E-state index is -0.620. The summed E-state index contributed by atoms with van der Waals surface area (Å²) in [4.78, 5) is 11.1. The number of ether oxygens (including phenoxy) is 2. The van der Waals surface area contributed by atoms with Gasteiger partial charge >= 0.3 is 5.97 Å². The Kier molecular flexibility index (Phi) is 6.97. The summed E-state index contributed by atoms with van der Waals surface area (Å²) in [6.07, 6.45) is 1.73. The molecule has 6 heteroatoms. The highest BCUT2D eigenvalue weighted by Crippen LogP contribution is 2.07. The van der Waals surface area contributed by atoms with E-state index in [-0.39, 0.29) is 30.2 Å². The third-order valence-corrected chi connectivity index (χ3v) is 2.64. The number of hydrogen-bond acceptors (Lipinski definition) is 5. The largest absolute Gasteiger partial charge is 0.508 e. The van der Waals surface area contributed by atoms with Crippen LogP contribution in [0.25, 0.3) is 0 Å². The normalized spacial score (nSPS) is 23.4. The number of phenolic OH excluding ortho intramolecular Hbond substituents is 1. The average molecular weight is 285 g/mol. The van der Waals surface area contributed by atoms with Gasteiger partial charge in [0.05, 0.1) is 12.7 Å². The Morgan fingerprint density at radius 3 is 2.60 bits per heavy atom. The smallest absolute Gasteiger partial charge is 0.325 e. The maximum Gasteiger partial charge on any atom is 0.325 e. The summed E-state index contributed by atoms with van der Waals surface area (Å²) < 4.78 is 22.2. The molecule has 5 nitrogen and oxygen atoms in total. The minimum absolute atomic E-state index is 0.0368. The highest BCUT2D eigenvalue weighted by atomic mass is 19.1. The van der Waals surface area contributed by atoms with E-state index in [1.165, 1.54) is 24.3 Å². The topological polar surface area (TPSA) is 81.8 Å². The van der Waals surface area contributed by atoms with Gasteiger partial charge in [-0.15, -0.1) is 0 Å². The van der Waals surface area contributed by atoms with Gasteiger partial charge in [0.25, 0.3) is 0 Å². The number of halogens is 1. The van der Waals surface area contributed by atoms with E-state index in [0.717, 1.165) is 12.8 Å². The van der Waals surface area contributed by atoms with E-state index < -0.39 is 6.04 Å². The summed E-state index contributed by atoms with van der Waals surface area (Å²) in [5.41, 5.74) is 5.48. The van der Waals surface area contributed by atoms with Crippen LogP contribution in [0.2, 0.25) is 0 Å². The zero-order valence-corrected chi connectivity index (χ0v) is 11.4. The summed E-state index contributed by atoms with van der Waals surface area (Å²) in [6, 6.07) is 4.39. The second kappa shape index (κ2) is 8.50. The van der Waals surface area contributed by atoms with Crippen LogP contribution in [-0.2, 0) is 14.3 Å². The highest BCUT2D eigenvalue weighted by Gasteiger charge is 2.19. The summed E-state index contributed by atoms with van der Waals surface area (Å²) in [7, 11) is 0. The molecule has 2 atom stereocenters. The molecule has 1 aliphatic rings. The number of nitrogens with two attached hydrogens (primary N) is 1. The Labute approximate surface area is 117 Å². The first-order chi connectivity index (χ1) is 9.49. The molecule has 1 fully saturated rings. The first-order valence-electron chi connectivity index (χ1n) is 6.47. The molecule has 1 heterocycles. The molecular weight excluding hydrogens is 265 g/mol. The van der Waals surface area contributed by atoms with Gasteiger partial charge < -0.3 is 20.3 Å². The predicted molar refractivity (Wildman–Crippen MR) is 71.6 cm³/mol. The maximum atomic E-state index is 12.0. The molecular formula is C14H20FNO4. The van der Waals surface area contributed by atoms with E-state index in [4.69, 9.17) is 20.3 Å². The van der Waals surface area contributed by atoms with E-state index >= 15 is 0 Å². The van der Waals surface area contributed by atoms with Crippen molar-refractivity contribution in [1.82, 2.24) is 0 Å². The van der Waals surface area contributed by atoms with Crippen molar-refractivity contribution in [2.24, 2.45) is 5.73 Å². The molecule has 20 heavy (non-hydrogen) atoms. The van der Waals surface area contributed by atoms with Crippen molar-refractivity contribution < 1.29 is 23.8 Å². The Balaban J connectivity index is 0.000000217. The zero-order chi connectivity index (χ0) is 15.0. The molecule has 0 bridgehead atoms. The van der Waals surface area contributed by atoms with E-state index in [9.17, 15) is 9.18 Å². The van der Waals surface area contributed by atoms with Crippen molar-refractivity contribution in [1.29, 1.82) is 0 Å². The van der Waals surface area contributed by atoms with E-state index in [0.29, 0.717) is 6.61 Å². The summed E-state index contributed by atoms with van der Waals surface area (Å²) in [6.45, 7) is 2.80. The van der Waals surface area contributed by atoms with Crippen LogP contribution in [-0.4, -0.2) is 36.4 Å². The van der Waals surface area contributed by atoms with Crippen molar-refractivity contribution in [2.45, 2.75) is 31.9 Å². The SMILES string of the molecule is CC1CCCOC[C@H](N)C(=O)O1.Oc1ccc(F)cc1. The number of carbonyl (C=O) groups excluding carboxylic acids is 1. The third kappa shape index (κ3) is 6.49. The van der Waals surface area contributed by atoms with Crippen LogP contribution in [0.15, 0.2) is 24.3 Å². The molecule has 3 N–H and O–H groups in total. The van der Waals surface area contributed by atoms with E-state index in [1.807, 2.05) is 6.92 Å². The van der Waals surface area contributed by atoms with Crippen molar-refractivity contribution >= 4 is 5.97 Å². The number of esters is 1. The van der Waals surface area contributed by atoms with Gasteiger partial charge in [-0.1, -0.05) is 0 Å². The lowest BCUT2D eigenvalue weighted by molar-refractivity contribution is -0.150. The Bertz CT molecular complexity index is 389. The molecule has 1 unspecified atom stereocenters. The van der Waals surface area contributed by atoms with Gasteiger partial charge in [-0.25, -0.2) is 4.39 Å². The number of benzene rings is 1. The van der Waals surface area contributed by atoms with Crippen molar-refractivity contribution in [3.63, 3.8) is 0 Å². The Hall–Kier alpha value is -1.66. The number of cyclic esters (lactones) is 1. The van der Waals surface area contributed by atoms with Crippen LogP contribution >= 0.6 is 0 Å². The zero-order valence-electron chi connectivity index (χ0n) is 11.4. The lowest BCUT2D eigenvalue weighted by atomic mass is 10.2. The van der Waals surface area contributed by atoms with E-state index in [2.05, 4.69) is 0 Å². The van der Waals surface area contributed by atoms with Gasteiger partial charge in [0.15, 0.2) is 0 Å². The molecule has 0 saturated carbocycles. The van der Waals surface area contributed by atoms with Crippen LogP contribution in [0, 0.1) is 5.82 Å². The fraction of sp³-hybridized carbons (Fsp3) is 0.500. The fourth-order valence-corrected chi connectivity index (χ4v) is 1.54. The Morgan fingerprint density at radius 2 is 2.00 bits per heavy atom. The Morgan fingerprint density at radius 1 is 1.35 bits per heavy atom.